The maximum Gasteiger partial charge on any atom is 0.145 e. The largest absolute Gasteiger partial charge is 0.494 e. The Hall–Kier alpha value is -1.29. The molecule has 0 saturated carbocycles. The monoisotopic (exact) mass is 266 g/mol. The molecule has 0 amide bonds. The van der Waals surface area contributed by atoms with Gasteiger partial charge in [-0.1, -0.05) is 13.8 Å². The number of hydrogen-bond acceptors (Lipinski definition) is 3. The van der Waals surface area contributed by atoms with Gasteiger partial charge < -0.3 is 15.0 Å². The van der Waals surface area contributed by atoms with Gasteiger partial charge in [-0.15, -0.1) is 0 Å². The summed E-state index contributed by atoms with van der Waals surface area (Å²) in [6, 6.07) is 5.34. The quantitative estimate of drug-likeness (QED) is 0.906. The molecule has 1 saturated heterocycles. The first kappa shape index (κ1) is 14.1. The van der Waals surface area contributed by atoms with Crippen LogP contribution in [0.4, 0.5) is 10.1 Å². The smallest absolute Gasteiger partial charge is 0.145 e. The zero-order valence-electron chi connectivity index (χ0n) is 11.9. The Balaban J connectivity index is 2.12. The van der Waals surface area contributed by atoms with Gasteiger partial charge in [-0.25, -0.2) is 4.39 Å². The summed E-state index contributed by atoms with van der Waals surface area (Å²) in [5.74, 6) is 0.939. The maximum absolute atomic E-state index is 13.2. The van der Waals surface area contributed by atoms with E-state index in [1.165, 1.54) is 12.1 Å². The van der Waals surface area contributed by atoms with Gasteiger partial charge in [-0.2, -0.15) is 0 Å². The molecule has 0 spiro atoms. The second-order valence-electron chi connectivity index (χ2n) is 5.19. The average Bonchev–Trinajstić information content (AvgIpc) is 2.41. The van der Waals surface area contributed by atoms with Crippen LogP contribution in [-0.4, -0.2) is 32.8 Å². The summed E-state index contributed by atoms with van der Waals surface area (Å²) in [5, 5.41) is 3.53. The van der Waals surface area contributed by atoms with Gasteiger partial charge in [0.25, 0.3) is 0 Å². The molecule has 1 aliphatic heterocycles. The Kier molecular flexibility index (Phi) is 4.64. The number of anilines is 1. The highest BCUT2D eigenvalue weighted by molar-refractivity contribution is 5.59. The van der Waals surface area contributed by atoms with Crippen molar-refractivity contribution in [2.75, 3.05) is 31.6 Å². The van der Waals surface area contributed by atoms with Gasteiger partial charge in [0.15, 0.2) is 0 Å². The number of nitrogens with zero attached hydrogens (tertiary/aromatic N) is 1. The summed E-state index contributed by atoms with van der Waals surface area (Å²) >= 11 is 0. The second-order valence-corrected chi connectivity index (χ2v) is 5.19. The molecule has 0 aromatic heterocycles. The van der Waals surface area contributed by atoms with Crippen molar-refractivity contribution < 1.29 is 9.13 Å². The molecule has 1 N–H and O–H groups in total. The van der Waals surface area contributed by atoms with Crippen molar-refractivity contribution in [3.63, 3.8) is 0 Å². The van der Waals surface area contributed by atoms with Gasteiger partial charge >= 0.3 is 0 Å². The topological polar surface area (TPSA) is 24.5 Å². The summed E-state index contributed by atoms with van der Waals surface area (Å²) in [6.07, 6.45) is 1.11. The van der Waals surface area contributed by atoms with Crippen molar-refractivity contribution in [1.29, 1.82) is 0 Å². The maximum atomic E-state index is 13.2. The Morgan fingerprint density at radius 3 is 2.89 bits per heavy atom. The number of halogens is 1. The van der Waals surface area contributed by atoms with Gasteiger partial charge in [0, 0.05) is 25.2 Å². The van der Waals surface area contributed by atoms with E-state index < -0.39 is 0 Å². The van der Waals surface area contributed by atoms with Gasteiger partial charge in [-0.3, -0.25) is 0 Å². The van der Waals surface area contributed by atoms with Crippen LogP contribution in [0.3, 0.4) is 0 Å². The summed E-state index contributed by atoms with van der Waals surface area (Å²) in [5.41, 5.74) is 0.991. The van der Waals surface area contributed by atoms with Crippen molar-refractivity contribution in [2.24, 2.45) is 5.92 Å². The van der Waals surface area contributed by atoms with E-state index in [-0.39, 0.29) is 5.82 Å². The molecule has 0 aliphatic carbocycles. The number of ether oxygens (including phenoxy) is 1. The lowest BCUT2D eigenvalue weighted by molar-refractivity contribution is 0.324. The van der Waals surface area contributed by atoms with Crippen LogP contribution < -0.4 is 15.0 Å². The Labute approximate surface area is 114 Å². The SMILES string of the molecule is CCNC1CCN(c2ccc(F)cc2OC)CC1C. The number of benzene rings is 1. The lowest BCUT2D eigenvalue weighted by Gasteiger charge is -2.39. The molecule has 3 nitrogen and oxygen atoms in total. The van der Waals surface area contributed by atoms with E-state index in [9.17, 15) is 4.39 Å². The average molecular weight is 266 g/mol. The molecular weight excluding hydrogens is 243 g/mol. The molecule has 2 rings (SSSR count). The van der Waals surface area contributed by atoms with Crippen LogP contribution in [0.1, 0.15) is 20.3 Å². The van der Waals surface area contributed by atoms with E-state index in [0.717, 1.165) is 31.7 Å². The minimum absolute atomic E-state index is 0.254. The van der Waals surface area contributed by atoms with Gasteiger partial charge in [0.1, 0.15) is 11.6 Å². The van der Waals surface area contributed by atoms with Crippen LogP contribution in [0.15, 0.2) is 18.2 Å². The fourth-order valence-electron chi connectivity index (χ4n) is 2.84. The van der Waals surface area contributed by atoms with Crippen LogP contribution >= 0.6 is 0 Å². The van der Waals surface area contributed by atoms with Crippen LogP contribution in [0.2, 0.25) is 0 Å². The van der Waals surface area contributed by atoms with E-state index in [4.69, 9.17) is 4.74 Å². The van der Waals surface area contributed by atoms with E-state index in [1.54, 1.807) is 7.11 Å². The van der Waals surface area contributed by atoms with Crippen molar-refractivity contribution >= 4 is 5.69 Å². The summed E-state index contributed by atoms with van der Waals surface area (Å²) < 4.78 is 18.5. The van der Waals surface area contributed by atoms with Crippen molar-refractivity contribution in [3.8, 4) is 5.75 Å². The van der Waals surface area contributed by atoms with Gasteiger partial charge in [-0.05, 0) is 31.0 Å². The summed E-state index contributed by atoms with van der Waals surface area (Å²) in [6.45, 7) is 7.36. The normalized spacial score (nSPS) is 23.5. The fraction of sp³-hybridized carbons (Fsp3) is 0.600. The molecule has 2 unspecified atom stereocenters. The number of rotatable bonds is 4. The van der Waals surface area contributed by atoms with Crippen molar-refractivity contribution in [2.45, 2.75) is 26.3 Å². The first-order valence-corrected chi connectivity index (χ1v) is 6.97. The van der Waals surface area contributed by atoms with E-state index in [0.29, 0.717) is 17.7 Å². The van der Waals surface area contributed by atoms with Gasteiger partial charge in [0.2, 0.25) is 0 Å². The van der Waals surface area contributed by atoms with Crippen molar-refractivity contribution in [3.05, 3.63) is 24.0 Å². The highest BCUT2D eigenvalue weighted by Crippen LogP contribution is 2.32. The molecule has 1 heterocycles. The standard InChI is InChI=1S/C15H23FN2O/c1-4-17-13-7-8-18(10-11(13)2)14-6-5-12(16)9-15(14)19-3/h5-6,9,11,13,17H,4,7-8,10H2,1-3H3. The third-order valence-electron chi connectivity index (χ3n) is 3.85. The predicted octanol–water partition coefficient (Wildman–Crippen LogP) is 2.66. The lowest BCUT2D eigenvalue weighted by Crippen LogP contribution is -2.48. The minimum Gasteiger partial charge on any atom is -0.494 e. The molecule has 19 heavy (non-hydrogen) atoms. The lowest BCUT2D eigenvalue weighted by atomic mass is 9.93. The van der Waals surface area contributed by atoms with Crippen LogP contribution in [0, 0.1) is 11.7 Å². The number of piperidine rings is 1. The Morgan fingerprint density at radius 1 is 1.47 bits per heavy atom. The molecule has 106 valence electrons. The summed E-state index contributed by atoms with van der Waals surface area (Å²) in [4.78, 5) is 2.29. The molecule has 1 aromatic carbocycles. The highest BCUT2D eigenvalue weighted by Gasteiger charge is 2.26. The third kappa shape index (κ3) is 3.18. The molecule has 1 aliphatic rings. The number of hydrogen-bond donors (Lipinski definition) is 1. The Morgan fingerprint density at radius 2 is 2.26 bits per heavy atom. The molecule has 0 bridgehead atoms. The number of methoxy groups -OCH3 is 1. The summed E-state index contributed by atoms with van der Waals surface area (Å²) in [7, 11) is 1.59. The molecule has 1 aromatic rings. The Bertz CT molecular complexity index is 425. The predicted molar refractivity (Wildman–Crippen MR) is 76.4 cm³/mol. The van der Waals surface area contributed by atoms with Crippen LogP contribution in [0.5, 0.6) is 5.75 Å². The van der Waals surface area contributed by atoms with Crippen LogP contribution in [0.25, 0.3) is 0 Å². The molecular formula is C15H23FN2O. The first-order chi connectivity index (χ1) is 9.15. The zero-order valence-corrected chi connectivity index (χ0v) is 11.9. The van der Waals surface area contributed by atoms with Gasteiger partial charge in [0.05, 0.1) is 12.8 Å². The molecule has 0 radical (unpaired) electrons. The first-order valence-electron chi connectivity index (χ1n) is 6.97. The third-order valence-corrected chi connectivity index (χ3v) is 3.85. The van der Waals surface area contributed by atoms with E-state index in [1.807, 2.05) is 6.07 Å². The minimum atomic E-state index is -0.254. The molecule has 4 heteroatoms. The zero-order chi connectivity index (χ0) is 13.8. The number of nitrogens with one attached hydrogen (secondary N) is 1. The van der Waals surface area contributed by atoms with Crippen molar-refractivity contribution in [1.82, 2.24) is 5.32 Å². The fourth-order valence-corrected chi connectivity index (χ4v) is 2.84. The van der Waals surface area contributed by atoms with E-state index >= 15 is 0 Å². The second kappa shape index (κ2) is 6.24. The molecule has 1 fully saturated rings. The van der Waals surface area contributed by atoms with E-state index in [2.05, 4.69) is 24.1 Å². The highest BCUT2D eigenvalue weighted by atomic mass is 19.1. The van der Waals surface area contributed by atoms with Crippen LogP contribution in [-0.2, 0) is 0 Å². The molecule has 2 atom stereocenters.